The molecule has 2 N–H and O–H groups in total. The van der Waals surface area contributed by atoms with E-state index in [1.165, 1.54) is 11.3 Å². The van der Waals surface area contributed by atoms with E-state index in [9.17, 15) is 9.59 Å². The summed E-state index contributed by atoms with van der Waals surface area (Å²) in [5.41, 5.74) is 0.492. The van der Waals surface area contributed by atoms with Crippen LogP contribution in [0.3, 0.4) is 0 Å². The molecule has 2 rings (SSSR count). The molecule has 128 valence electrons. The van der Waals surface area contributed by atoms with Crippen molar-refractivity contribution in [3.8, 4) is 0 Å². The lowest BCUT2D eigenvalue weighted by Crippen LogP contribution is -2.32. The van der Waals surface area contributed by atoms with Crippen LogP contribution in [0.25, 0.3) is 0 Å². The summed E-state index contributed by atoms with van der Waals surface area (Å²) < 4.78 is 0.809. The van der Waals surface area contributed by atoms with Crippen LogP contribution in [-0.2, 0) is 11.2 Å². The van der Waals surface area contributed by atoms with Crippen LogP contribution in [0.2, 0.25) is 0 Å². The van der Waals surface area contributed by atoms with Crippen LogP contribution >= 0.6 is 27.3 Å². The second-order valence-electron chi connectivity index (χ2n) is 5.20. The smallest absolute Gasteiger partial charge is 0.251 e. The fourth-order valence-electron chi connectivity index (χ4n) is 1.99. The normalized spacial score (nSPS) is 10.4. The summed E-state index contributed by atoms with van der Waals surface area (Å²) in [4.78, 5) is 23.9. The second kappa shape index (κ2) is 9.48. The second-order valence-corrected chi connectivity index (χ2v) is 7.18. The Balaban J connectivity index is 1.78. The van der Waals surface area contributed by atoms with E-state index in [0.29, 0.717) is 10.7 Å². The number of hydrogen-bond acceptors (Lipinski definition) is 5. The van der Waals surface area contributed by atoms with Gasteiger partial charge in [-0.3, -0.25) is 14.9 Å². The highest BCUT2D eigenvalue weighted by Crippen LogP contribution is 2.17. The average Bonchev–Trinajstić information content (AvgIpc) is 3.00. The zero-order valence-electron chi connectivity index (χ0n) is 13.3. The largest absolute Gasteiger partial charge is 0.343 e. The molecule has 24 heavy (non-hydrogen) atoms. The highest BCUT2D eigenvalue weighted by molar-refractivity contribution is 9.10. The van der Waals surface area contributed by atoms with Crippen molar-refractivity contribution in [3.63, 3.8) is 0 Å². The molecule has 2 aromatic rings. The molecule has 1 aromatic heterocycles. The standard InChI is InChI=1S/C16H19BrN4O2S/c1-2-3-4-8-14-20-21-16(24-14)19-13(22)10-18-15(23)11-6-5-7-12(17)9-11/h5-7,9H,2-4,8,10H2,1H3,(H,18,23)(H,19,21,22). The molecule has 0 saturated heterocycles. The van der Waals surface area contributed by atoms with Crippen molar-refractivity contribution >= 4 is 44.2 Å². The van der Waals surface area contributed by atoms with Crippen molar-refractivity contribution in [1.82, 2.24) is 15.5 Å². The molecule has 6 nitrogen and oxygen atoms in total. The van der Waals surface area contributed by atoms with Gasteiger partial charge in [-0.25, -0.2) is 0 Å². The van der Waals surface area contributed by atoms with Gasteiger partial charge < -0.3 is 5.32 Å². The van der Waals surface area contributed by atoms with Gasteiger partial charge in [0.05, 0.1) is 6.54 Å². The third kappa shape index (κ3) is 6.01. The van der Waals surface area contributed by atoms with E-state index in [4.69, 9.17) is 0 Å². The Morgan fingerprint density at radius 3 is 2.83 bits per heavy atom. The fraction of sp³-hybridized carbons (Fsp3) is 0.375. The van der Waals surface area contributed by atoms with E-state index in [0.717, 1.165) is 35.2 Å². The molecule has 0 aliphatic heterocycles. The van der Waals surface area contributed by atoms with Gasteiger partial charge in [-0.05, 0) is 24.6 Å². The van der Waals surface area contributed by atoms with E-state index in [2.05, 4.69) is 43.7 Å². The van der Waals surface area contributed by atoms with Gasteiger partial charge in [-0.15, -0.1) is 10.2 Å². The summed E-state index contributed by atoms with van der Waals surface area (Å²) in [7, 11) is 0. The molecular formula is C16H19BrN4O2S. The van der Waals surface area contributed by atoms with E-state index in [-0.39, 0.29) is 18.4 Å². The summed E-state index contributed by atoms with van der Waals surface area (Å²) >= 11 is 4.68. The van der Waals surface area contributed by atoms with Crippen LogP contribution in [0.15, 0.2) is 28.7 Å². The molecule has 1 heterocycles. The Morgan fingerprint density at radius 2 is 2.08 bits per heavy atom. The number of unbranched alkanes of at least 4 members (excludes halogenated alkanes) is 2. The van der Waals surface area contributed by atoms with Crippen LogP contribution in [0.1, 0.15) is 41.6 Å². The molecule has 8 heteroatoms. The van der Waals surface area contributed by atoms with E-state index < -0.39 is 0 Å². The van der Waals surface area contributed by atoms with Crippen molar-refractivity contribution in [1.29, 1.82) is 0 Å². The van der Waals surface area contributed by atoms with Crippen molar-refractivity contribution < 1.29 is 9.59 Å². The van der Waals surface area contributed by atoms with Crippen molar-refractivity contribution in [2.75, 3.05) is 11.9 Å². The van der Waals surface area contributed by atoms with Crippen molar-refractivity contribution in [2.24, 2.45) is 0 Å². The number of anilines is 1. The Kier molecular flexibility index (Phi) is 7.33. The van der Waals surface area contributed by atoms with Crippen LogP contribution < -0.4 is 10.6 Å². The maximum Gasteiger partial charge on any atom is 0.251 e. The topological polar surface area (TPSA) is 84.0 Å². The number of nitrogens with zero attached hydrogens (tertiary/aromatic N) is 2. The number of carbonyl (C=O) groups is 2. The number of carbonyl (C=O) groups excluding carboxylic acids is 2. The Hall–Kier alpha value is -1.80. The zero-order chi connectivity index (χ0) is 17.4. The van der Waals surface area contributed by atoms with Gasteiger partial charge in [0.2, 0.25) is 11.0 Å². The van der Waals surface area contributed by atoms with Gasteiger partial charge in [0, 0.05) is 16.5 Å². The number of halogens is 1. The number of rotatable bonds is 8. The third-order valence-electron chi connectivity index (χ3n) is 3.20. The van der Waals surface area contributed by atoms with Gasteiger partial charge >= 0.3 is 0 Å². The molecule has 0 radical (unpaired) electrons. The van der Waals surface area contributed by atoms with Gasteiger partial charge in [-0.2, -0.15) is 0 Å². The highest BCUT2D eigenvalue weighted by Gasteiger charge is 2.11. The summed E-state index contributed by atoms with van der Waals surface area (Å²) in [5, 5.41) is 14.6. The van der Waals surface area contributed by atoms with E-state index in [1.54, 1.807) is 18.2 Å². The van der Waals surface area contributed by atoms with Crippen molar-refractivity contribution in [2.45, 2.75) is 32.6 Å². The van der Waals surface area contributed by atoms with Gasteiger partial charge in [0.1, 0.15) is 5.01 Å². The zero-order valence-corrected chi connectivity index (χ0v) is 15.7. The monoisotopic (exact) mass is 410 g/mol. The van der Waals surface area contributed by atoms with Gasteiger partial charge in [0.25, 0.3) is 5.91 Å². The fourth-order valence-corrected chi connectivity index (χ4v) is 3.18. The SMILES string of the molecule is CCCCCc1nnc(NC(=O)CNC(=O)c2cccc(Br)c2)s1. The van der Waals surface area contributed by atoms with Crippen molar-refractivity contribution in [3.05, 3.63) is 39.3 Å². The lowest BCUT2D eigenvalue weighted by Gasteiger charge is -2.05. The first kappa shape index (κ1) is 18.5. The molecule has 0 aliphatic rings. The van der Waals surface area contributed by atoms with E-state index >= 15 is 0 Å². The summed E-state index contributed by atoms with van der Waals surface area (Å²) in [5.74, 6) is -0.626. The van der Waals surface area contributed by atoms with Crippen LogP contribution in [0, 0.1) is 0 Å². The molecular weight excluding hydrogens is 392 g/mol. The quantitative estimate of drug-likeness (QED) is 0.653. The number of hydrogen-bond donors (Lipinski definition) is 2. The van der Waals surface area contributed by atoms with Crippen LogP contribution in [-0.4, -0.2) is 28.6 Å². The lowest BCUT2D eigenvalue weighted by atomic mass is 10.2. The molecule has 0 spiro atoms. The minimum atomic E-state index is -0.324. The van der Waals surface area contributed by atoms with E-state index in [1.807, 2.05) is 6.07 Å². The maximum absolute atomic E-state index is 12.0. The number of benzene rings is 1. The molecule has 2 amide bonds. The number of aryl methyl sites for hydroxylation is 1. The average molecular weight is 411 g/mol. The molecule has 1 aromatic carbocycles. The predicted octanol–water partition coefficient (Wildman–Crippen LogP) is 3.40. The van der Waals surface area contributed by atoms with Gasteiger partial charge in [0.15, 0.2) is 0 Å². The molecule has 0 atom stereocenters. The first-order valence-electron chi connectivity index (χ1n) is 7.74. The Bertz CT molecular complexity index is 705. The molecule has 0 saturated carbocycles. The summed E-state index contributed by atoms with van der Waals surface area (Å²) in [6, 6.07) is 6.98. The summed E-state index contributed by atoms with van der Waals surface area (Å²) in [6.07, 6.45) is 4.26. The molecule has 0 unspecified atom stereocenters. The Labute approximate surface area is 153 Å². The maximum atomic E-state index is 12.0. The predicted molar refractivity (Wildman–Crippen MR) is 98.2 cm³/mol. The third-order valence-corrected chi connectivity index (χ3v) is 4.60. The molecule has 0 fully saturated rings. The van der Waals surface area contributed by atoms with Gasteiger partial charge in [-0.1, -0.05) is 53.1 Å². The molecule has 0 aliphatic carbocycles. The minimum absolute atomic E-state index is 0.115. The number of amides is 2. The first-order valence-corrected chi connectivity index (χ1v) is 9.35. The summed E-state index contributed by atoms with van der Waals surface area (Å²) in [6.45, 7) is 2.03. The minimum Gasteiger partial charge on any atom is -0.343 e. The highest BCUT2D eigenvalue weighted by atomic mass is 79.9. The number of aromatic nitrogens is 2. The Morgan fingerprint density at radius 1 is 1.25 bits per heavy atom. The number of nitrogens with one attached hydrogen (secondary N) is 2. The molecule has 0 bridgehead atoms. The first-order chi connectivity index (χ1) is 11.6. The van der Waals surface area contributed by atoms with Crippen LogP contribution in [0.5, 0.6) is 0 Å². The lowest BCUT2D eigenvalue weighted by molar-refractivity contribution is -0.115. The van der Waals surface area contributed by atoms with Crippen LogP contribution in [0.4, 0.5) is 5.13 Å².